The Balaban J connectivity index is 2.23. The number of carbonyl (C=O) groups excluding carboxylic acids is 1. The topological polar surface area (TPSA) is 67.2 Å². The molecule has 0 aliphatic heterocycles. The molecule has 0 fully saturated rings. The number of aryl methyl sites for hydroxylation is 1. The molecule has 6 heteroatoms. The number of hydrogen-bond donors (Lipinski definition) is 2. The van der Waals surface area contributed by atoms with Crippen molar-refractivity contribution in [2.45, 2.75) is 39.7 Å². The summed E-state index contributed by atoms with van der Waals surface area (Å²) in [5.74, 6) is 0.282. The number of amides is 1. The number of phenolic OH excluding ortho intramolecular Hbond substituents is 1. The summed E-state index contributed by atoms with van der Waals surface area (Å²) >= 11 is 3.32. The van der Waals surface area contributed by atoms with Crippen molar-refractivity contribution < 1.29 is 9.90 Å². The summed E-state index contributed by atoms with van der Waals surface area (Å²) < 4.78 is 2.42. The maximum absolute atomic E-state index is 12.4. The Morgan fingerprint density at radius 1 is 1.36 bits per heavy atom. The zero-order valence-corrected chi connectivity index (χ0v) is 14.7. The molecule has 0 aliphatic carbocycles. The molecule has 1 aromatic carbocycles. The van der Waals surface area contributed by atoms with E-state index in [4.69, 9.17) is 0 Å². The van der Waals surface area contributed by atoms with E-state index in [-0.39, 0.29) is 17.6 Å². The van der Waals surface area contributed by atoms with Gasteiger partial charge in [0, 0.05) is 11.9 Å². The standard InChI is InChI=1S/C16H20BrN3O2/c1-9(2)13-6-14(10(3)5-15(13)21)19-16(22)11(4)20-8-12(17)7-18-20/h5-9,11,21H,1-4H3,(H,19,22). The highest BCUT2D eigenvalue weighted by atomic mass is 79.9. The Morgan fingerprint density at radius 2 is 2.05 bits per heavy atom. The van der Waals surface area contributed by atoms with Crippen LogP contribution in [-0.2, 0) is 4.79 Å². The third-order valence-corrected chi connectivity index (χ3v) is 4.01. The highest BCUT2D eigenvalue weighted by Gasteiger charge is 2.18. The molecule has 0 spiro atoms. The fraction of sp³-hybridized carbons (Fsp3) is 0.375. The number of hydrogen-bond acceptors (Lipinski definition) is 3. The summed E-state index contributed by atoms with van der Waals surface area (Å²) in [5, 5.41) is 17.0. The second kappa shape index (κ2) is 6.52. The molecule has 0 bridgehead atoms. The normalized spacial score (nSPS) is 12.5. The summed E-state index contributed by atoms with van der Waals surface area (Å²) in [7, 11) is 0. The van der Waals surface area contributed by atoms with E-state index in [0.29, 0.717) is 5.69 Å². The van der Waals surface area contributed by atoms with Crippen molar-refractivity contribution in [3.05, 3.63) is 40.1 Å². The van der Waals surface area contributed by atoms with Crippen LogP contribution in [0.3, 0.4) is 0 Å². The molecule has 5 nitrogen and oxygen atoms in total. The van der Waals surface area contributed by atoms with Crippen LogP contribution in [0.4, 0.5) is 5.69 Å². The maximum atomic E-state index is 12.4. The maximum Gasteiger partial charge on any atom is 0.248 e. The monoisotopic (exact) mass is 365 g/mol. The Hall–Kier alpha value is -1.82. The molecule has 0 saturated heterocycles. The summed E-state index contributed by atoms with van der Waals surface area (Å²) in [4.78, 5) is 12.4. The van der Waals surface area contributed by atoms with Gasteiger partial charge in [-0.3, -0.25) is 9.48 Å². The minimum absolute atomic E-state index is 0.154. The van der Waals surface area contributed by atoms with Crippen molar-refractivity contribution in [3.63, 3.8) is 0 Å². The van der Waals surface area contributed by atoms with Gasteiger partial charge in [-0.2, -0.15) is 5.10 Å². The Labute approximate surface area is 138 Å². The molecular weight excluding hydrogens is 346 g/mol. The van der Waals surface area contributed by atoms with Crippen LogP contribution in [0.5, 0.6) is 5.75 Å². The van der Waals surface area contributed by atoms with Crippen LogP contribution in [0.25, 0.3) is 0 Å². The lowest BCUT2D eigenvalue weighted by Gasteiger charge is -2.17. The molecule has 1 amide bonds. The number of anilines is 1. The number of aromatic nitrogens is 2. The van der Waals surface area contributed by atoms with Crippen molar-refractivity contribution in [1.82, 2.24) is 9.78 Å². The van der Waals surface area contributed by atoms with Crippen molar-refractivity contribution in [3.8, 4) is 5.75 Å². The van der Waals surface area contributed by atoms with Crippen molar-refractivity contribution >= 4 is 27.5 Å². The predicted octanol–water partition coefficient (Wildman–Crippen LogP) is 3.98. The predicted molar refractivity (Wildman–Crippen MR) is 90.2 cm³/mol. The van der Waals surface area contributed by atoms with Crippen LogP contribution in [0, 0.1) is 6.92 Å². The lowest BCUT2D eigenvalue weighted by molar-refractivity contribution is -0.119. The van der Waals surface area contributed by atoms with E-state index in [1.165, 1.54) is 0 Å². The van der Waals surface area contributed by atoms with Crippen LogP contribution in [-0.4, -0.2) is 20.8 Å². The summed E-state index contributed by atoms with van der Waals surface area (Å²) in [6, 6.07) is 3.08. The van der Waals surface area contributed by atoms with Crippen LogP contribution < -0.4 is 5.32 Å². The average molecular weight is 366 g/mol. The molecule has 2 N–H and O–H groups in total. The van der Waals surface area contributed by atoms with Crippen molar-refractivity contribution in [1.29, 1.82) is 0 Å². The number of rotatable bonds is 4. The zero-order chi connectivity index (χ0) is 16.4. The third kappa shape index (κ3) is 3.50. The minimum Gasteiger partial charge on any atom is -0.508 e. The molecule has 1 heterocycles. The van der Waals surface area contributed by atoms with Gasteiger partial charge in [-0.25, -0.2) is 0 Å². The van der Waals surface area contributed by atoms with Gasteiger partial charge >= 0.3 is 0 Å². The fourth-order valence-electron chi connectivity index (χ4n) is 2.19. The van der Waals surface area contributed by atoms with Crippen molar-refractivity contribution in [2.24, 2.45) is 0 Å². The van der Waals surface area contributed by atoms with E-state index in [1.807, 2.05) is 26.8 Å². The van der Waals surface area contributed by atoms with E-state index in [1.54, 1.807) is 30.1 Å². The smallest absolute Gasteiger partial charge is 0.248 e. The Bertz CT molecular complexity index is 695. The number of phenols is 1. The molecule has 1 aromatic heterocycles. The van der Waals surface area contributed by atoms with Gasteiger partial charge in [0.15, 0.2) is 0 Å². The highest BCUT2D eigenvalue weighted by molar-refractivity contribution is 9.10. The number of nitrogens with zero attached hydrogens (tertiary/aromatic N) is 2. The first-order valence-corrected chi connectivity index (χ1v) is 7.93. The number of halogens is 1. The largest absolute Gasteiger partial charge is 0.508 e. The van der Waals surface area contributed by atoms with E-state index < -0.39 is 6.04 Å². The quantitative estimate of drug-likeness (QED) is 0.805. The van der Waals surface area contributed by atoms with Gasteiger partial charge in [0.2, 0.25) is 5.91 Å². The number of carbonyl (C=O) groups is 1. The van der Waals surface area contributed by atoms with Crippen molar-refractivity contribution in [2.75, 3.05) is 5.32 Å². The SMILES string of the molecule is Cc1cc(O)c(C(C)C)cc1NC(=O)C(C)n1cc(Br)cn1. The second-order valence-corrected chi connectivity index (χ2v) is 6.60. The van der Waals surface area contributed by atoms with E-state index >= 15 is 0 Å². The van der Waals surface area contributed by atoms with Gasteiger partial charge in [0.25, 0.3) is 0 Å². The first-order valence-electron chi connectivity index (χ1n) is 7.13. The third-order valence-electron chi connectivity index (χ3n) is 3.60. The van der Waals surface area contributed by atoms with Gasteiger partial charge in [-0.15, -0.1) is 0 Å². The van der Waals surface area contributed by atoms with Crippen LogP contribution in [0.1, 0.15) is 43.9 Å². The van der Waals surface area contributed by atoms with Gasteiger partial charge in [-0.05, 0) is 59.0 Å². The second-order valence-electron chi connectivity index (χ2n) is 5.68. The molecule has 1 atom stereocenters. The summed E-state index contributed by atoms with van der Waals surface area (Å²) in [6.45, 7) is 7.64. The molecule has 118 valence electrons. The van der Waals surface area contributed by atoms with E-state index in [2.05, 4.69) is 26.3 Å². The first-order chi connectivity index (χ1) is 10.3. The molecule has 0 saturated carbocycles. The molecule has 2 aromatic rings. The fourth-order valence-corrected chi connectivity index (χ4v) is 2.49. The summed E-state index contributed by atoms with van der Waals surface area (Å²) in [6.07, 6.45) is 3.40. The molecule has 0 radical (unpaired) electrons. The Kier molecular flexibility index (Phi) is 4.90. The lowest BCUT2D eigenvalue weighted by Crippen LogP contribution is -2.24. The van der Waals surface area contributed by atoms with Crippen LogP contribution in [0.15, 0.2) is 29.0 Å². The number of nitrogens with one attached hydrogen (secondary N) is 1. The molecule has 2 rings (SSSR count). The molecule has 22 heavy (non-hydrogen) atoms. The molecule has 0 aliphatic rings. The van der Waals surface area contributed by atoms with E-state index in [0.717, 1.165) is 15.6 Å². The Morgan fingerprint density at radius 3 is 2.59 bits per heavy atom. The van der Waals surface area contributed by atoms with Gasteiger partial charge < -0.3 is 10.4 Å². The van der Waals surface area contributed by atoms with Gasteiger partial charge in [-0.1, -0.05) is 13.8 Å². The molecule has 1 unspecified atom stereocenters. The lowest BCUT2D eigenvalue weighted by atomic mass is 9.99. The first kappa shape index (κ1) is 16.5. The van der Waals surface area contributed by atoms with Crippen LogP contribution in [0.2, 0.25) is 0 Å². The minimum atomic E-state index is -0.429. The highest BCUT2D eigenvalue weighted by Crippen LogP contribution is 2.31. The number of benzene rings is 1. The summed E-state index contributed by atoms with van der Waals surface area (Å²) in [5.41, 5.74) is 2.35. The van der Waals surface area contributed by atoms with E-state index in [9.17, 15) is 9.90 Å². The molecular formula is C16H20BrN3O2. The average Bonchev–Trinajstić information content (AvgIpc) is 2.87. The number of aromatic hydroxyl groups is 1. The van der Waals surface area contributed by atoms with Gasteiger partial charge in [0.05, 0.1) is 10.7 Å². The van der Waals surface area contributed by atoms with Crippen LogP contribution >= 0.6 is 15.9 Å². The zero-order valence-electron chi connectivity index (χ0n) is 13.1. The van der Waals surface area contributed by atoms with Gasteiger partial charge in [0.1, 0.15) is 11.8 Å².